The van der Waals surface area contributed by atoms with Crippen LogP contribution in [0.25, 0.3) is 0 Å². The largest absolute Gasteiger partial charge is 0.479 e. The van der Waals surface area contributed by atoms with E-state index in [1.807, 2.05) is 14.0 Å². The number of hydrogen-bond acceptors (Lipinski definition) is 4. The fourth-order valence-corrected chi connectivity index (χ4v) is 0.301. The van der Waals surface area contributed by atoms with Crippen molar-refractivity contribution in [2.45, 2.75) is 6.92 Å². The van der Waals surface area contributed by atoms with Gasteiger partial charge in [-0.05, 0) is 6.92 Å². The van der Waals surface area contributed by atoms with E-state index in [9.17, 15) is 0 Å². The topological polar surface area (TPSA) is 45.1 Å². The van der Waals surface area contributed by atoms with Crippen LogP contribution < -0.4 is 0 Å². The molecular weight excluding hydrogens is 132 g/mol. The van der Waals surface area contributed by atoms with Gasteiger partial charge in [0.25, 0.3) is 0 Å². The predicted molar refractivity (Wildman–Crippen MR) is 39.8 cm³/mol. The average Bonchev–Trinajstić information content (AvgIpc) is 1.98. The zero-order chi connectivity index (χ0) is 7.82. The Morgan fingerprint density at radius 3 is 2.90 bits per heavy atom. The number of ether oxygens (including phenoxy) is 1. The van der Waals surface area contributed by atoms with E-state index < -0.39 is 0 Å². The Labute approximate surface area is 61.1 Å². The molecule has 0 aromatic carbocycles. The maximum atomic E-state index is 8.29. The predicted octanol–water partition coefficient (Wildman–Crippen LogP) is -0.110. The second kappa shape index (κ2) is 6.35. The van der Waals surface area contributed by atoms with Crippen molar-refractivity contribution in [1.29, 1.82) is 0 Å². The normalized spacial score (nSPS) is 10.3. The van der Waals surface area contributed by atoms with Crippen molar-refractivity contribution in [3.63, 3.8) is 0 Å². The number of hydrazone groups is 1. The van der Waals surface area contributed by atoms with Crippen LogP contribution >= 0.6 is 0 Å². The third kappa shape index (κ3) is 5.37. The molecule has 0 aromatic heterocycles. The summed E-state index contributed by atoms with van der Waals surface area (Å²) in [6.07, 6.45) is 1.33. The van der Waals surface area contributed by atoms with Gasteiger partial charge in [0.15, 0.2) is 6.40 Å². The Balaban J connectivity index is 3.18. The Bertz CT molecular complexity index is 95.7. The highest BCUT2D eigenvalue weighted by atomic mass is 16.5. The molecule has 1 N–H and O–H groups in total. The van der Waals surface area contributed by atoms with Gasteiger partial charge in [-0.25, -0.2) is 0 Å². The van der Waals surface area contributed by atoms with E-state index in [4.69, 9.17) is 9.84 Å². The average molecular weight is 146 g/mol. The van der Waals surface area contributed by atoms with Crippen LogP contribution in [0.5, 0.6) is 0 Å². The van der Waals surface area contributed by atoms with E-state index in [1.165, 1.54) is 6.40 Å². The summed E-state index contributed by atoms with van der Waals surface area (Å²) >= 11 is 0. The van der Waals surface area contributed by atoms with Crippen molar-refractivity contribution < 1.29 is 9.84 Å². The minimum atomic E-state index is 0.0296. The van der Waals surface area contributed by atoms with Gasteiger partial charge in [0.05, 0.1) is 6.61 Å². The molecule has 60 valence electrons. The molecule has 0 fully saturated rings. The lowest BCUT2D eigenvalue weighted by Crippen LogP contribution is -2.10. The lowest BCUT2D eigenvalue weighted by Gasteiger charge is -2.07. The number of rotatable bonds is 5. The molecule has 0 radical (unpaired) electrons. The van der Waals surface area contributed by atoms with Crippen LogP contribution in [-0.2, 0) is 4.74 Å². The van der Waals surface area contributed by atoms with Gasteiger partial charge in [-0.3, -0.25) is 5.01 Å². The van der Waals surface area contributed by atoms with E-state index >= 15 is 0 Å². The van der Waals surface area contributed by atoms with E-state index in [2.05, 4.69) is 5.10 Å². The summed E-state index contributed by atoms with van der Waals surface area (Å²) in [6, 6.07) is 0. The number of aliphatic hydroxyl groups is 1. The molecule has 0 unspecified atom stereocenters. The summed E-state index contributed by atoms with van der Waals surface area (Å²) in [4.78, 5) is 0. The molecule has 10 heavy (non-hydrogen) atoms. The minimum absolute atomic E-state index is 0.0296. The second-order valence-corrected chi connectivity index (χ2v) is 1.79. The lowest BCUT2D eigenvalue weighted by molar-refractivity contribution is 0.196. The lowest BCUT2D eigenvalue weighted by atomic mass is 10.7. The first-order valence-electron chi connectivity index (χ1n) is 3.27. The number of nitrogens with zero attached hydrogens (tertiary/aromatic N) is 2. The number of aliphatic hydroxyl groups excluding tert-OH is 1. The zero-order valence-corrected chi connectivity index (χ0v) is 6.45. The monoisotopic (exact) mass is 146 g/mol. The summed E-state index contributed by atoms with van der Waals surface area (Å²) in [5.74, 6) is 0. The summed E-state index contributed by atoms with van der Waals surface area (Å²) in [5.41, 5.74) is 0. The SMILES string of the molecule is CCN(C)/N=C/OCCO. The van der Waals surface area contributed by atoms with Crippen LogP contribution in [0.3, 0.4) is 0 Å². The molecule has 0 spiro atoms. The first-order chi connectivity index (χ1) is 4.81. The molecule has 4 heteroatoms. The smallest absolute Gasteiger partial charge is 0.192 e. The quantitative estimate of drug-likeness (QED) is 0.255. The molecule has 0 saturated heterocycles. The van der Waals surface area contributed by atoms with Crippen LogP contribution in [0.15, 0.2) is 5.10 Å². The summed E-state index contributed by atoms with van der Waals surface area (Å²) < 4.78 is 4.77. The van der Waals surface area contributed by atoms with Crippen LogP contribution in [0.1, 0.15) is 6.92 Å². The van der Waals surface area contributed by atoms with Gasteiger partial charge in [-0.1, -0.05) is 0 Å². The third-order valence-corrected chi connectivity index (χ3v) is 0.986. The number of hydrogen-bond donors (Lipinski definition) is 1. The molecule has 0 bridgehead atoms. The first kappa shape index (κ1) is 9.23. The summed E-state index contributed by atoms with van der Waals surface area (Å²) in [7, 11) is 1.85. The molecular formula is C6H14N2O2. The van der Waals surface area contributed by atoms with Gasteiger partial charge in [0, 0.05) is 13.6 Å². The van der Waals surface area contributed by atoms with Crippen molar-refractivity contribution >= 4 is 6.40 Å². The van der Waals surface area contributed by atoms with Crippen LogP contribution in [-0.4, -0.2) is 43.3 Å². The van der Waals surface area contributed by atoms with Crippen LogP contribution in [0, 0.1) is 0 Å². The Morgan fingerprint density at radius 1 is 1.70 bits per heavy atom. The molecule has 0 rings (SSSR count). The van der Waals surface area contributed by atoms with Gasteiger partial charge in [0.2, 0.25) is 0 Å². The molecule has 4 nitrogen and oxygen atoms in total. The van der Waals surface area contributed by atoms with Crippen molar-refractivity contribution in [2.75, 3.05) is 26.8 Å². The molecule has 0 atom stereocenters. The summed E-state index contributed by atoms with van der Waals surface area (Å²) in [5, 5.41) is 13.9. The highest BCUT2D eigenvalue weighted by Gasteiger charge is 1.82. The fourth-order valence-electron chi connectivity index (χ4n) is 0.301. The van der Waals surface area contributed by atoms with E-state index in [1.54, 1.807) is 5.01 Å². The highest BCUT2D eigenvalue weighted by Crippen LogP contribution is 1.78. The standard InChI is InChI=1S/C6H14N2O2/c1-3-8(2)7-6-10-5-4-9/h6,9H,3-5H2,1-2H3/b7-6+. The molecule has 0 aliphatic carbocycles. The molecule has 0 aliphatic rings. The molecule has 0 aliphatic heterocycles. The molecule has 0 aromatic rings. The van der Waals surface area contributed by atoms with Gasteiger partial charge >= 0.3 is 0 Å². The highest BCUT2D eigenvalue weighted by molar-refractivity contribution is 5.45. The van der Waals surface area contributed by atoms with Gasteiger partial charge < -0.3 is 9.84 Å². The molecule has 0 amide bonds. The fraction of sp³-hybridized carbons (Fsp3) is 0.833. The van der Waals surface area contributed by atoms with Gasteiger partial charge in [0.1, 0.15) is 6.61 Å². The maximum absolute atomic E-state index is 8.29. The van der Waals surface area contributed by atoms with E-state index in [0.29, 0.717) is 6.61 Å². The van der Waals surface area contributed by atoms with Gasteiger partial charge in [-0.2, -0.15) is 0 Å². The Hall–Kier alpha value is -0.770. The van der Waals surface area contributed by atoms with E-state index in [-0.39, 0.29) is 6.61 Å². The Morgan fingerprint density at radius 2 is 2.40 bits per heavy atom. The van der Waals surface area contributed by atoms with Crippen molar-refractivity contribution in [2.24, 2.45) is 5.10 Å². The molecule has 0 saturated carbocycles. The van der Waals surface area contributed by atoms with E-state index in [0.717, 1.165) is 6.54 Å². The minimum Gasteiger partial charge on any atom is -0.479 e. The molecule has 0 heterocycles. The Kier molecular flexibility index (Phi) is 5.86. The summed E-state index contributed by atoms with van der Waals surface area (Å²) in [6.45, 7) is 3.17. The maximum Gasteiger partial charge on any atom is 0.192 e. The van der Waals surface area contributed by atoms with Crippen LogP contribution in [0.2, 0.25) is 0 Å². The first-order valence-corrected chi connectivity index (χ1v) is 3.27. The van der Waals surface area contributed by atoms with Crippen molar-refractivity contribution in [3.05, 3.63) is 0 Å². The van der Waals surface area contributed by atoms with Crippen molar-refractivity contribution in [1.82, 2.24) is 5.01 Å². The second-order valence-electron chi connectivity index (χ2n) is 1.79. The van der Waals surface area contributed by atoms with Gasteiger partial charge in [-0.15, -0.1) is 5.10 Å². The zero-order valence-electron chi connectivity index (χ0n) is 6.45. The van der Waals surface area contributed by atoms with Crippen LogP contribution in [0.4, 0.5) is 0 Å². The third-order valence-electron chi connectivity index (χ3n) is 0.986. The van der Waals surface area contributed by atoms with Crippen molar-refractivity contribution in [3.8, 4) is 0 Å².